The Kier molecular flexibility index (Phi) is 4.80. The third-order valence-corrected chi connectivity index (χ3v) is 4.38. The van der Waals surface area contributed by atoms with Crippen LogP contribution in [0.1, 0.15) is 23.2 Å². The number of methoxy groups -OCH3 is 1. The number of ether oxygens (including phenoxy) is 2. The van der Waals surface area contributed by atoms with Crippen LogP contribution in [0, 0.1) is 5.92 Å². The van der Waals surface area contributed by atoms with E-state index in [9.17, 15) is 14.4 Å². The number of nitrogens with zero attached hydrogens (tertiary/aromatic N) is 1. The molecule has 2 aliphatic heterocycles. The second kappa shape index (κ2) is 7.00. The molecule has 0 unspecified atom stereocenters. The van der Waals surface area contributed by atoms with Crippen LogP contribution < -0.4 is 10.1 Å². The molecular formula is C17H20N2O5. The second-order valence-corrected chi connectivity index (χ2v) is 6.00. The van der Waals surface area contributed by atoms with Gasteiger partial charge in [-0.3, -0.25) is 14.4 Å². The van der Waals surface area contributed by atoms with E-state index in [4.69, 9.17) is 9.47 Å². The Balaban J connectivity index is 1.64. The van der Waals surface area contributed by atoms with E-state index in [-0.39, 0.29) is 36.7 Å². The summed E-state index contributed by atoms with van der Waals surface area (Å²) in [4.78, 5) is 37.6. The highest BCUT2D eigenvalue weighted by Gasteiger charge is 2.28. The van der Waals surface area contributed by atoms with E-state index in [1.165, 1.54) is 7.11 Å². The van der Waals surface area contributed by atoms with Crippen molar-refractivity contribution in [3.8, 4) is 5.75 Å². The van der Waals surface area contributed by atoms with Gasteiger partial charge < -0.3 is 19.7 Å². The highest BCUT2D eigenvalue weighted by molar-refractivity contribution is 6.01. The molecule has 0 spiro atoms. The maximum atomic E-state index is 12.7. The molecule has 3 rings (SSSR count). The molecule has 1 saturated heterocycles. The molecule has 128 valence electrons. The molecule has 0 saturated carbocycles. The average Bonchev–Trinajstić information content (AvgIpc) is 2.60. The Hall–Kier alpha value is -2.41. The molecule has 1 fully saturated rings. The van der Waals surface area contributed by atoms with E-state index < -0.39 is 0 Å². The lowest BCUT2D eigenvalue weighted by molar-refractivity contribution is -0.136. The standard InChI is InChI=1S/C17H20N2O5/c1-23-10-16(21)19-6-4-11(5-7-19)17(22)12-2-3-14-13(8-12)18-15(20)9-24-14/h2-3,8,11H,4-7,9-10H2,1H3,(H,18,20). The van der Waals surface area contributed by atoms with Gasteiger partial charge in [0, 0.05) is 31.7 Å². The van der Waals surface area contributed by atoms with Crippen LogP contribution in [0.5, 0.6) is 5.75 Å². The number of benzene rings is 1. The van der Waals surface area contributed by atoms with Crippen LogP contribution in [-0.2, 0) is 14.3 Å². The number of hydrogen-bond donors (Lipinski definition) is 1. The molecule has 0 radical (unpaired) electrons. The highest BCUT2D eigenvalue weighted by atomic mass is 16.5. The van der Waals surface area contributed by atoms with Crippen LogP contribution in [0.4, 0.5) is 5.69 Å². The number of carbonyl (C=O) groups is 3. The molecular weight excluding hydrogens is 312 g/mol. The fourth-order valence-electron chi connectivity index (χ4n) is 3.08. The van der Waals surface area contributed by atoms with Gasteiger partial charge in [0.1, 0.15) is 12.4 Å². The van der Waals surface area contributed by atoms with Crippen molar-refractivity contribution >= 4 is 23.3 Å². The molecule has 0 aromatic heterocycles. The molecule has 7 nitrogen and oxygen atoms in total. The van der Waals surface area contributed by atoms with Crippen molar-refractivity contribution in [1.82, 2.24) is 4.90 Å². The SMILES string of the molecule is COCC(=O)N1CCC(C(=O)c2ccc3c(c2)NC(=O)CO3)CC1. The number of anilines is 1. The van der Waals surface area contributed by atoms with Gasteiger partial charge in [-0.2, -0.15) is 0 Å². The number of fused-ring (bicyclic) bond motifs is 1. The van der Waals surface area contributed by atoms with Crippen molar-refractivity contribution in [1.29, 1.82) is 0 Å². The number of ketones is 1. The van der Waals surface area contributed by atoms with Gasteiger partial charge in [-0.1, -0.05) is 0 Å². The van der Waals surface area contributed by atoms with E-state index in [0.29, 0.717) is 42.9 Å². The number of carbonyl (C=O) groups excluding carboxylic acids is 3. The zero-order valence-electron chi connectivity index (χ0n) is 13.5. The molecule has 2 heterocycles. The Bertz CT molecular complexity index is 665. The van der Waals surface area contributed by atoms with Crippen molar-refractivity contribution in [2.45, 2.75) is 12.8 Å². The first-order valence-electron chi connectivity index (χ1n) is 7.96. The van der Waals surface area contributed by atoms with Gasteiger partial charge in [0.25, 0.3) is 5.91 Å². The summed E-state index contributed by atoms with van der Waals surface area (Å²) in [5.74, 6) is 0.228. The molecule has 1 aromatic rings. The third kappa shape index (κ3) is 3.41. The van der Waals surface area contributed by atoms with E-state index in [1.807, 2.05) is 0 Å². The number of Topliss-reactive ketones (excluding diaryl/α,β-unsaturated/α-hetero) is 1. The van der Waals surface area contributed by atoms with E-state index in [2.05, 4.69) is 5.32 Å². The van der Waals surface area contributed by atoms with Crippen LogP contribution in [0.2, 0.25) is 0 Å². The first-order valence-corrected chi connectivity index (χ1v) is 7.96. The quantitative estimate of drug-likeness (QED) is 0.834. The van der Waals surface area contributed by atoms with Gasteiger partial charge in [0.15, 0.2) is 12.4 Å². The number of amides is 2. The molecule has 24 heavy (non-hydrogen) atoms. The van der Waals surface area contributed by atoms with Crippen LogP contribution in [0.3, 0.4) is 0 Å². The molecule has 2 amide bonds. The number of likely N-dealkylation sites (tertiary alicyclic amines) is 1. The van der Waals surface area contributed by atoms with Gasteiger partial charge in [0.05, 0.1) is 5.69 Å². The molecule has 0 atom stereocenters. The molecule has 0 aliphatic carbocycles. The first kappa shape index (κ1) is 16.4. The lowest BCUT2D eigenvalue weighted by atomic mass is 9.88. The fourth-order valence-corrected chi connectivity index (χ4v) is 3.08. The molecule has 0 bridgehead atoms. The summed E-state index contributed by atoms with van der Waals surface area (Å²) in [5.41, 5.74) is 1.09. The minimum atomic E-state index is -0.225. The predicted molar refractivity (Wildman–Crippen MR) is 86.1 cm³/mol. The van der Waals surface area contributed by atoms with E-state index in [0.717, 1.165) is 0 Å². The van der Waals surface area contributed by atoms with Gasteiger partial charge in [-0.15, -0.1) is 0 Å². The van der Waals surface area contributed by atoms with Crippen molar-refractivity contribution in [2.24, 2.45) is 5.92 Å². The largest absolute Gasteiger partial charge is 0.482 e. The third-order valence-electron chi connectivity index (χ3n) is 4.38. The normalized spacial score (nSPS) is 17.7. The molecule has 1 N–H and O–H groups in total. The zero-order chi connectivity index (χ0) is 17.1. The molecule has 7 heteroatoms. The van der Waals surface area contributed by atoms with Crippen LogP contribution in [0.15, 0.2) is 18.2 Å². The minimum Gasteiger partial charge on any atom is -0.482 e. The Morgan fingerprint density at radius 1 is 1.33 bits per heavy atom. The number of hydrogen-bond acceptors (Lipinski definition) is 5. The maximum Gasteiger partial charge on any atom is 0.262 e. The van der Waals surface area contributed by atoms with Crippen molar-refractivity contribution in [3.05, 3.63) is 23.8 Å². The van der Waals surface area contributed by atoms with Gasteiger partial charge in [0.2, 0.25) is 5.91 Å². The number of piperidine rings is 1. The lowest BCUT2D eigenvalue weighted by Crippen LogP contribution is -2.41. The van der Waals surface area contributed by atoms with Crippen molar-refractivity contribution < 1.29 is 23.9 Å². The van der Waals surface area contributed by atoms with Gasteiger partial charge in [-0.05, 0) is 31.0 Å². The summed E-state index contributed by atoms with van der Waals surface area (Å²) < 4.78 is 10.2. The topological polar surface area (TPSA) is 84.9 Å². The van der Waals surface area contributed by atoms with Crippen molar-refractivity contribution in [3.63, 3.8) is 0 Å². The fraction of sp³-hybridized carbons (Fsp3) is 0.471. The summed E-state index contributed by atoms with van der Waals surface area (Å²) >= 11 is 0. The first-order chi connectivity index (χ1) is 11.6. The minimum absolute atomic E-state index is 0.00570. The number of nitrogens with one attached hydrogen (secondary N) is 1. The maximum absolute atomic E-state index is 12.7. The van der Waals surface area contributed by atoms with E-state index >= 15 is 0 Å². The van der Waals surface area contributed by atoms with Crippen LogP contribution in [0.25, 0.3) is 0 Å². The summed E-state index contributed by atoms with van der Waals surface area (Å²) in [6.07, 6.45) is 1.27. The zero-order valence-corrected chi connectivity index (χ0v) is 13.5. The van der Waals surface area contributed by atoms with Crippen molar-refractivity contribution in [2.75, 3.05) is 38.7 Å². The summed E-state index contributed by atoms with van der Waals surface area (Å²) in [7, 11) is 1.49. The van der Waals surface area contributed by atoms with Gasteiger partial charge >= 0.3 is 0 Å². The smallest absolute Gasteiger partial charge is 0.262 e. The van der Waals surface area contributed by atoms with Crippen LogP contribution >= 0.6 is 0 Å². The summed E-state index contributed by atoms with van der Waals surface area (Å²) in [6.45, 7) is 1.18. The van der Waals surface area contributed by atoms with Gasteiger partial charge in [-0.25, -0.2) is 0 Å². The van der Waals surface area contributed by atoms with Crippen LogP contribution in [-0.4, -0.2) is 55.9 Å². The second-order valence-electron chi connectivity index (χ2n) is 6.00. The Morgan fingerprint density at radius 2 is 2.08 bits per heavy atom. The summed E-state index contributed by atoms with van der Waals surface area (Å²) in [6, 6.07) is 5.09. The molecule has 2 aliphatic rings. The van der Waals surface area contributed by atoms with E-state index in [1.54, 1.807) is 23.1 Å². The average molecular weight is 332 g/mol. The summed E-state index contributed by atoms with van der Waals surface area (Å²) in [5, 5.41) is 2.71. The Morgan fingerprint density at radius 3 is 2.79 bits per heavy atom. The molecule has 1 aromatic carbocycles. The number of rotatable bonds is 4. The predicted octanol–water partition coefficient (Wildman–Crippen LogP) is 1.09. The highest BCUT2D eigenvalue weighted by Crippen LogP contribution is 2.30. The Labute approximate surface area is 139 Å². The monoisotopic (exact) mass is 332 g/mol. The lowest BCUT2D eigenvalue weighted by Gasteiger charge is -2.31.